The number of nitrogens with one attached hydrogen (secondary N) is 2. The Balaban J connectivity index is 1.87. The van der Waals surface area contributed by atoms with Crippen molar-refractivity contribution in [2.75, 3.05) is 11.1 Å². The summed E-state index contributed by atoms with van der Waals surface area (Å²) in [5.41, 5.74) is -0.430. The Morgan fingerprint density at radius 2 is 2.39 bits per heavy atom. The molecule has 0 aliphatic heterocycles. The van der Waals surface area contributed by atoms with E-state index in [4.69, 9.17) is 0 Å². The van der Waals surface area contributed by atoms with E-state index in [2.05, 4.69) is 25.5 Å². The van der Waals surface area contributed by atoms with Gasteiger partial charge in [-0.25, -0.2) is 9.78 Å². The van der Waals surface area contributed by atoms with Crippen molar-refractivity contribution in [1.82, 2.24) is 20.2 Å². The summed E-state index contributed by atoms with van der Waals surface area (Å²) in [6.07, 6.45) is 1.40. The summed E-state index contributed by atoms with van der Waals surface area (Å²) in [4.78, 5) is 28.5. The van der Waals surface area contributed by atoms with Crippen molar-refractivity contribution in [2.24, 2.45) is 0 Å². The minimum Gasteiger partial charge on any atom is -0.300 e. The lowest BCUT2D eigenvalue weighted by atomic mass is 10.7. The molecule has 0 aliphatic rings. The number of carbonyl (C=O) groups excluding carboxylic acids is 1. The summed E-state index contributed by atoms with van der Waals surface area (Å²) >= 11 is 2.53. The fourth-order valence-corrected chi connectivity index (χ4v) is 2.37. The summed E-state index contributed by atoms with van der Waals surface area (Å²) in [5, 5.41) is 12.1. The Bertz CT molecular complexity index is 609. The van der Waals surface area contributed by atoms with Crippen LogP contribution in [-0.2, 0) is 4.79 Å². The third kappa shape index (κ3) is 3.64. The second kappa shape index (κ2) is 5.74. The highest BCUT2D eigenvalue weighted by molar-refractivity contribution is 7.99. The summed E-state index contributed by atoms with van der Waals surface area (Å²) in [7, 11) is 0. The van der Waals surface area contributed by atoms with E-state index >= 15 is 0 Å². The average Bonchev–Trinajstić information content (AvgIpc) is 2.72. The predicted molar refractivity (Wildman–Crippen MR) is 68.9 cm³/mol. The van der Waals surface area contributed by atoms with Crippen LogP contribution in [0.5, 0.6) is 0 Å². The third-order valence-electron chi connectivity index (χ3n) is 1.78. The number of hydrogen-bond donors (Lipinski definition) is 2. The minimum absolute atomic E-state index is 0.179. The van der Waals surface area contributed by atoms with E-state index in [1.54, 1.807) is 6.07 Å². The molecule has 0 saturated carbocycles. The number of H-pyrrole nitrogens is 1. The molecular weight excluding hydrogens is 274 g/mol. The lowest BCUT2D eigenvalue weighted by molar-refractivity contribution is -0.113. The van der Waals surface area contributed by atoms with Crippen LogP contribution in [0.1, 0.15) is 5.01 Å². The van der Waals surface area contributed by atoms with Crippen LogP contribution < -0.4 is 11.0 Å². The normalized spacial score (nSPS) is 10.3. The monoisotopic (exact) mass is 283 g/mol. The van der Waals surface area contributed by atoms with Crippen LogP contribution in [0.15, 0.2) is 22.1 Å². The Morgan fingerprint density at radius 1 is 1.56 bits per heavy atom. The van der Waals surface area contributed by atoms with Gasteiger partial charge in [0.05, 0.1) is 10.8 Å². The Hall–Kier alpha value is -1.74. The number of thioether (sulfide) groups is 1. The van der Waals surface area contributed by atoms with E-state index in [-0.39, 0.29) is 11.7 Å². The molecule has 94 valence electrons. The van der Waals surface area contributed by atoms with Crippen molar-refractivity contribution in [3.05, 3.63) is 27.8 Å². The van der Waals surface area contributed by atoms with Gasteiger partial charge in [0.25, 0.3) is 0 Å². The van der Waals surface area contributed by atoms with E-state index in [0.717, 1.165) is 5.01 Å². The van der Waals surface area contributed by atoms with Gasteiger partial charge >= 0.3 is 5.69 Å². The maximum atomic E-state index is 11.6. The molecule has 2 heterocycles. The molecule has 0 saturated heterocycles. The Morgan fingerprint density at radius 3 is 3.06 bits per heavy atom. The van der Waals surface area contributed by atoms with Crippen LogP contribution in [0.2, 0.25) is 0 Å². The van der Waals surface area contributed by atoms with Crippen molar-refractivity contribution < 1.29 is 4.79 Å². The fraction of sp³-hybridized carbons (Fsp3) is 0.222. The molecule has 0 unspecified atom stereocenters. The van der Waals surface area contributed by atoms with Gasteiger partial charge in [-0.2, -0.15) is 0 Å². The summed E-state index contributed by atoms with van der Waals surface area (Å²) in [5.74, 6) is -0.0210. The number of hydrogen-bond acceptors (Lipinski definition) is 7. The topological polar surface area (TPSA) is 101 Å². The molecule has 7 nitrogen and oxygen atoms in total. The molecule has 1 amide bonds. The van der Waals surface area contributed by atoms with Crippen molar-refractivity contribution in [1.29, 1.82) is 0 Å². The number of carbonyl (C=O) groups is 1. The third-order valence-corrected chi connectivity index (χ3v) is 3.49. The predicted octanol–water partition coefficient (Wildman–Crippen LogP) is 0.661. The van der Waals surface area contributed by atoms with Gasteiger partial charge in [0.2, 0.25) is 11.0 Å². The zero-order chi connectivity index (χ0) is 13.0. The summed E-state index contributed by atoms with van der Waals surface area (Å²) in [6, 6.07) is 1.63. The maximum absolute atomic E-state index is 11.6. The SMILES string of the molecule is Cc1nnc(NC(=O)CSc2ccnc(=O)[nH]2)s1. The first-order valence-corrected chi connectivity index (χ1v) is 6.72. The van der Waals surface area contributed by atoms with Crippen molar-refractivity contribution in [3.63, 3.8) is 0 Å². The lowest BCUT2D eigenvalue weighted by Crippen LogP contribution is -2.15. The van der Waals surface area contributed by atoms with Crippen LogP contribution in [-0.4, -0.2) is 31.8 Å². The number of anilines is 1. The molecule has 0 radical (unpaired) electrons. The largest absolute Gasteiger partial charge is 0.345 e. The van der Waals surface area contributed by atoms with Crippen molar-refractivity contribution in [3.8, 4) is 0 Å². The second-order valence-electron chi connectivity index (χ2n) is 3.20. The molecule has 9 heteroatoms. The minimum atomic E-state index is -0.430. The molecule has 0 bridgehead atoms. The maximum Gasteiger partial charge on any atom is 0.345 e. The van der Waals surface area contributed by atoms with Gasteiger partial charge in [-0.15, -0.1) is 10.2 Å². The molecule has 0 fully saturated rings. The van der Waals surface area contributed by atoms with Gasteiger partial charge in [-0.3, -0.25) is 10.1 Å². The molecule has 2 N–H and O–H groups in total. The first-order valence-electron chi connectivity index (χ1n) is 4.91. The number of aromatic nitrogens is 4. The Labute approximate surface area is 110 Å². The molecule has 0 aliphatic carbocycles. The quantitative estimate of drug-likeness (QED) is 0.631. The molecule has 0 spiro atoms. The fourth-order valence-electron chi connectivity index (χ4n) is 1.08. The van der Waals surface area contributed by atoms with Crippen molar-refractivity contribution in [2.45, 2.75) is 11.9 Å². The standard InChI is InChI=1S/C9H9N5O2S2/c1-5-13-14-9(18-5)11-6(15)4-17-7-2-3-10-8(16)12-7/h2-3H,4H2,1H3,(H,10,12,16)(H,11,14,15). The van der Waals surface area contributed by atoms with Crippen LogP contribution in [0, 0.1) is 6.92 Å². The zero-order valence-electron chi connectivity index (χ0n) is 9.34. The van der Waals surface area contributed by atoms with Gasteiger partial charge < -0.3 is 4.98 Å². The van der Waals surface area contributed by atoms with E-state index in [9.17, 15) is 9.59 Å². The van der Waals surface area contributed by atoms with Gasteiger partial charge in [0, 0.05) is 6.20 Å². The van der Waals surface area contributed by atoms with Gasteiger partial charge in [0.15, 0.2) is 0 Å². The highest BCUT2D eigenvalue weighted by Crippen LogP contribution is 2.16. The van der Waals surface area contributed by atoms with Gasteiger partial charge in [-0.1, -0.05) is 23.1 Å². The summed E-state index contributed by atoms with van der Waals surface area (Å²) < 4.78 is 0. The summed E-state index contributed by atoms with van der Waals surface area (Å²) in [6.45, 7) is 1.81. The molecule has 2 aromatic rings. The molecular formula is C9H9N5O2S2. The van der Waals surface area contributed by atoms with E-state index < -0.39 is 5.69 Å². The number of rotatable bonds is 4. The van der Waals surface area contributed by atoms with E-state index in [1.165, 1.54) is 29.3 Å². The molecule has 2 aromatic heterocycles. The van der Waals surface area contributed by atoms with Crippen molar-refractivity contribution >= 4 is 34.1 Å². The van der Waals surface area contributed by atoms with Crippen LogP contribution in [0.25, 0.3) is 0 Å². The van der Waals surface area contributed by atoms with Crippen LogP contribution in [0.4, 0.5) is 5.13 Å². The first-order chi connectivity index (χ1) is 8.63. The lowest BCUT2D eigenvalue weighted by Gasteiger charge is -2.00. The number of aromatic amines is 1. The second-order valence-corrected chi connectivity index (χ2v) is 5.40. The van der Waals surface area contributed by atoms with Crippen LogP contribution in [0.3, 0.4) is 0 Å². The number of nitrogens with zero attached hydrogens (tertiary/aromatic N) is 3. The molecule has 0 atom stereocenters. The number of amides is 1. The van der Waals surface area contributed by atoms with Crippen LogP contribution >= 0.6 is 23.1 Å². The highest BCUT2D eigenvalue weighted by atomic mass is 32.2. The highest BCUT2D eigenvalue weighted by Gasteiger charge is 2.07. The Kier molecular flexibility index (Phi) is 4.05. The molecule has 2 rings (SSSR count). The van der Waals surface area contributed by atoms with Gasteiger partial charge in [-0.05, 0) is 13.0 Å². The van der Waals surface area contributed by atoms with E-state index in [1.807, 2.05) is 6.92 Å². The molecule has 18 heavy (non-hydrogen) atoms. The smallest absolute Gasteiger partial charge is 0.300 e. The number of aryl methyl sites for hydroxylation is 1. The molecule has 0 aromatic carbocycles. The zero-order valence-corrected chi connectivity index (χ0v) is 11.0. The van der Waals surface area contributed by atoms with Gasteiger partial charge in [0.1, 0.15) is 5.01 Å². The average molecular weight is 283 g/mol. The van der Waals surface area contributed by atoms with E-state index in [0.29, 0.717) is 10.2 Å². The first kappa shape index (κ1) is 12.7.